The van der Waals surface area contributed by atoms with Crippen LogP contribution >= 0.6 is 11.3 Å². The molecule has 8 nitrogen and oxygen atoms in total. The molecule has 9 heteroatoms. The number of benzene rings is 3. The van der Waals surface area contributed by atoms with Crippen molar-refractivity contribution in [3.8, 4) is 11.5 Å². The summed E-state index contributed by atoms with van der Waals surface area (Å²) in [5, 5.41) is 14.5. The second kappa shape index (κ2) is 11.3. The van der Waals surface area contributed by atoms with E-state index in [1.807, 2.05) is 55.5 Å². The van der Waals surface area contributed by atoms with Gasteiger partial charge in [-0.2, -0.15) is 0 Å². The molecule has 1 heterocycles. The Morgan fingerprint density at radius 2 is 1.69 bits per heavy atom. The average molecular weight is 489 g/mol. The number of amides is 2. The Balaban J connectivity index is 1.28. The maximum Gasteiger partial charge on any atom is 0.286 e. The van der Waals surface area contributed by atoms with Gasteiger partial charge in [0.15, 0.2) is 5.01 Å². The lowest BCUT2D eigenvalue weighted by Crippen LogP contribution is -2.22. The molecule has 2 amide bonds. The molecule has 0 bridgehead atoms. The van der Waals surface area contributed by atoms with Gasteiger partial charge in [-0.1, -0.05) is 35.6 Å². The molecule has 0 saturated carbocycles. The van der Waals surface area contributed by atoms with Gasteiger partial charge in [-0.3, -0.25) is 9.59 Å². The summed E-state index contributed by atoms with van der Waals surface area (Å²) >= 11 is 1.17. The lowest BCUT2D eigenvalue weighted by molar-refractivity contribution is 0.0950. The number of hydrogen-bond acceptors (Lipinski definition) is 7. The van der Waals surface area contributed by atoms with Crippen molar-refractivity contribution in [1.29, 1.82) is 0 Å². The van der Waals surface area contributed by atoms with Crippen LogP contribution in [0.2, 0.25) is 0 Å². The summed E-state index contributed by atoms with van der Waals surface area (Å²) in [6, 6.07) is 21.8. The fourth-order valence-corrected chi connectivity index (χ4v) is 3.86. The number of nitrogens with one attached hydrogen (secondary N) is 2. The third kappa shape index (κ3) is 6.64. The van der Waals surface area contributed by atoms with Gasteiger partial charge in [-0.25, -0.2) is 0 Å². The molecule has 0 aliphatic carbocycles. The van der Waals surface area contributed by atoms with E-state index in [0.29, 0.717) is 22.8 Å². The molecule has 0 radical (unpaired) electrons. The molecule has 4 aromatic rings. The maximum atomic E-state index is 12.5. The van der Waals surface area contributed by atoms with Gasteiger partial charge in [0.05, 0.1) is 7.11 Å². The Labute approximate surface area is 206 Å². The van der Waals surface area contributed by atoms with E-state index in [4.69, 9.17) is 9.47 Å². The van der Waals surface area contributed by atoms with Crippen LogP contribution in [0.1, 0.15) is 36.3 Å². The molecular weight excluding hydrogens is 464 g/mol. The topological polar surface area (TPSA) is 102 Å². The van der Waals surface area contributed by atoms with Gasteiger partial charge in [0.2, 0.25) is 5.01 Å². The summed E-state index contributed by atoms with van der Waals surface area (Å²) in [6.07, 6.45) is 0. The van der Waals surface area contributed by atoms with E-state index in [2.05, 4.69) is 20.8 Å². The second-order valence-corrected chi connectivity index (χ2v) is 8.73. The van der Waals surface area contributed by atoms with Crippen molar-refractivity contribution in [3.05, 3.63) is 99.5 Å². The van der Waals surface area contributed by atoms with E-state index in [1.165, 1.54) is 11.3 Å². The number of carbonyl (C=O) groups excluding carboxylic acids is 2. The van der Waals surface area contributed by atoms with Gasteiger partial charge in [0, 0.05) is 17.8 Å². The minimum Gasteiger partial charge on any atom is -0.497 e. The maximum absolute atomic E-state index is 12.5. The molecule has 35 heavy (non-hydrogen) atoms. The van der Waals surface area contributed by atoms with Gasteiger partial charge in [0.25, 0.3) is 11.8 Å². The van der Waals surface area contributed by atoms with E-state index in [9.17, 15) is 9.59 Å². The highest BCUT2D eigenvalue weighted by Gasteiger charge is 2.14. The Morgan fingerprint density at radius 3 is 2.46 bits per heavy atom. The number of anilines is 1. The van der Waals surface area contributed by atoms with Crippen molar-refractivity contribution in [2.45, 2.75) is 20.1 Å². The number of aromatic nitrogens is 2. The molecule has 0 spiro atoms. The molecule has 3 aromatic carbocycles. The van der Waals surface area contributed by atoms with Crippen LogP contribution in [0.3, 0.4) is 0 Å². The predicted molar refractivity (Wildman–Crippen MR) is 134 cm³/mol. The smallest absolute Gasteiger partial charge is 0.286 e. The third-order valence-electron chi connectivity index (χ3n) is 5.01. The lowest BCUT2D eigenvalue weighted by Gasteiger charge is -2.08. The number of carbonyl (C=O) groups is 2. The zero-order chi connectivity index (χ0) is 24.6. The highest BCUT2D eigenvalue weighted by Crippen LogP contribution is 2.18. The van der Waals surface area contributed by atoms with Crippen LogP contribution in [0.25, 0.3) is 0 Å². The highest BCUT2D eigenvalue weighted by atomic mass is 32.1. The predicted octanol–water partition coefficient (Wildman–Crippen LogP) is 4.62. The molecule has 0 fully saturated rings. The molecular formula is C26H24N4O4S. The zero-order valence-corrected chi connectivity index (χ0v) is 20.1. The Hall–Kier alpha value is -4.24. The minimum absolute atomic E-state index is 0.215. The number of rotatable bonds is 9. The molecule has 4 rings (SSSR count). The summed E-state index contributed by atoms with van der Waals surface area (Å²) in [6.45, 7) is 2.59. The van der Waals surface area contributed by atoms with Gasteiger partial charge < -0.3 is 20.1 Å². The molecule has 0 aliphatic heterocycles. The first-order valence-electron chi connectivity index (χ1n) is 10.8. The Bertz CT molecular complexity index is 1320. The first-order valence-corrected chi connectivity index (χ1v) is 11.7. The lowest BCUT2D eigenvalue weighted by atomic mass is 10.1. The van der Waals surface area contributed by atoms with Gasteiger partial charge in [-0.15, -0.1) is 10.2 Å². The molecule has 178 valence electrons. The molecule has 0 unspecified atom stereocenters. The first-order chi connectivity index (χ1) is 17.0. The average Bonchev–Trinajstić information content (AvgIpc) is 3.36. The van der Waals surface area contributed by atoms with E-state index in [0.717, 1.165) is 22.6 Å². The Morgan fingerprint density at radius 1 is 0.914 bits per heavy atom. The van der Waals surface area contributed by atoms with Crippen LogP contribution in [0.15, 0.2) is 72.8 Å². The fraction of sp³-hybridized carbons (Fsp3) is 0.154. The SMILES string of the molecule is COc1cccc(CNC(=O)c2ccc(NC(=O)c3nnc(COc4cccc(C)c4)s3)cc2)c1. The van der Waals surface area contributed by atoms with Crippen molar-refractivity contribution in [2.24, 2.45) is 0 Å². The van der Waals surface area contributed by atoms with Crippen molar-refractivity contribution < 1.29 is 19.1 Å². The number of nitrogens with zero attached hydrogens (tertiary/aromatic N) is 2. The van der Waals surface area contributed by atoms with E-state index in [-0.39, 0.29) is 23.4 Å². The van der Waals surface area contributed by atoms with Gasteiger partial charge >= 0.3 is 0 Å². The van der Waals surface area contributed by atoms with Crippen LogP contribution in [0.4, 0.5) is 5.69 Å². The van der Waals surface area contributed by atoms with Crippen molar-refractivity contribution in [3.63, 3.8) is 0 Å². The number of aryl methyl sites for hydroxylation is 1. The zero-order valence-electron chi connectivity index (χ0n) is 19.3. The highest BCUT2D eigenvalue weighted by molar-refractivity contribution is 7.13. The fourth-order valence-electron chi connectivity index (χ4n) is 3.21. The molecule has 2 N–H and O–H groups in total. The standard InChI is InChI=1S/C26H24N4O4S/c1-17-5-3-8-22(13-17)34-16-23-29-30-26(35-23)25(32)28-20-11-9-19(10-12-20)24(31)27-15-18-6-4-7-21(14-18)33-2/h3-14H,15-16H2,1-2H3,(H,27,31)(H,28,32). The minimum atomic E-state index is -0.375. The van der Waals surface area contributed by atoms with Crippen LogP contribution in [-0.4, -0.2) is 29.1 Å². The third-order valence-corrected chi connectivity index (χ3v) is 5.90. The Kier molecular flexibility index (Phi) is 7.69. The first kappa shape index (κ1) is 23.9. The second-order valence-electron chi connectivity index (χ2n) is 7.67. The van der Waals surface area contributed by atoms with E-state index in [1.54, 1.807) is 31.4 Å². The summed E-state index contributed by atoms with van der Waals surface area (Å²) in [5.74, 6) is 0.879. The summed E-state index contributed by atoms with van der Waals surface area (Å²) in [4.78, 5) is 25.0. The number of methoxy groups -OCH3 is 1. The number of hydrogen-bond donors (Lipinski definition) is 2. The van der Waals surface area contributed by atoms with E-state index >= 15 is 0 Å². The normalized spacial score (nSPS) is 10.5. The van der Waals surface area contributed by atoms with Gasteiger partial charge in [0.1, 0.15) is 18.1 Å². The summed E-state index contributed by atoms with van der Waals surface area (Å²) < 4.78 is 10.9. The van der Waals surface area contributed by atoms with Gasteiger partial charge in [-0.05, 0) is 66.6 Å². The monoisotopic (exact) mass is 488 g/mol. The quantitative estimate of drug-likeness (QED) is 0.357. The largest absolute Gasteiger partial charge is 0.497 e. The van der Waals surface area contributed by atoms with Crippen molar-refractivity contribution in [1.82, 2.24) is 15.5 Å². The molecule has 0 saturated heterocycles. The molecule has 0 aliphatic rings. The van der Waals surface area contributed by atoms with E-state index < -0.39 is 0 Å². The number of ether oxygens (including phenoxy) is 2. The van der Waals surface area contributed by atoms with Crippen LogP contribution in [0, 0.1) is 6.92 Å². The van der Waals surface area contributed by atoms with Crippen LogP contribution < -0.4 is 20.1 Å². The molecule has 1 aromatic heterocycles. The summed E-state index contributed by atoms with van der Waals surface area (Å²) in [7, 11) is 1.60. The van der Waals surface area contributed by atoms with Crippen LogP contribution in [-0.2, 0) is 13.2 Å². The summed E-state index contributed by atoms with van der Waals surface area (Å²) in [5.41, 5.74) is 3.06. The van der Waals surface area contributed by atoms with Crippen molar-refractivity contribution >= 4 is 28.8 Å². The molecule has 0 atom stereocenters. The van der Waals surface area contributed by atoms with Crippen molar-refractivity contribution in [2.75, 3.05) is 12.4 Å². The van der Waals surface area contributed by atoms with Crippen LogP contribution in [0.5, 0.6) is 11.5 Å².